The molecule has 0 aliphatic heterocycles. The molecule has 0 aliphatic rings. The number of nitrogens with one attached hydrogen (secondary N) is 1. The number of aromatic amines is 1. The molecule has 4 rings (SSSR count). The minimum Gasteiger partial charge on any atom is -0.508 e. The van der Waals surface area contributed by atoms with Crippen LogP contribution in [0.15, 0.2) is 48.5 Å². The maximum absolute atomic E-state index is 10.5. The van der Waals surface area contributed by atoms with E-state index in [1.807, 2.05) is 29.7 Å². The van der Waals surface area contributed by atoms with Gasteiger partial charge >= 0.3 is 0 Å². The molecule has 0 radical (unpaired) electrons. The highest BCUT2D eigenvalue weighted by Gasteiger charge is 2.18. The van der Waals surface area contributed by atoms with Crippen molar-refractivity contribution in [2.75, 3.05) is 0 Å². The lowest BCUT2D eigenvalue weighted by atomic mass is 10.0. The van der Waals surface area contributed by atoms with Gasteiger partial charge in [-0.1, -0.05) is 44.2 Å². The van der Waals surface area contributed by atoms with E-state index in [4.69, 9.17) is 12.2 Å². The van der Waals surface area contributed by atoms with Gasteiger partial charge in [0, 0.05) is 11.5 Å². The number of rotatable bonds is 4. The number of fused-ring (bicyclic) bond motifs is 1. The van der Waals surface area contributed by atoms with E-state index < -0.39 is 0 Å². The van der Waals surface area contributed by atoms with Crippen LogP contribution in [0.2, 0.25) is 0 Å². The highest BCUT2D eigenvalue weighted by molar-refractivity contribution is 7.71. The van der Waals surface area contributed by atoms with Crippen molar-refractivity contribution in [1.82, 2.24) is 14.8 Å². The largest absolute Gasteiger partial charge is 0.508 e. The topological polar surface area (TPSA) is 74.1 Å². The van der Waals surface area contributed by atoms with Gasteiger partial charge in [-0.15, -0.1) is 0 Å². The first kappa shape index (κ1) is 18.3. The van der Waals surface area contributed by atoms with Crippen LogP contribution in [0.1, 0.15) is 25.0 Å². The number of phenols is 2. The van der Waals surface area contributed by atoms with E-state index in [1.165, 1.54) is 17.0 Å². The van der Waals surface area contributed by atoms with E-state index in [9.17, 15) is 10.2 Å². The van der Waals surface area contributed by atoms with Crippen LogP contribution in [-0.4, -0.2) is 25.0 Å². The molecule has 4 aromatic rings. The van der Waals surface area contributed by atoms with Crippen molar-refractivity contribution in [3.05, 3.63) is 64.4 Å². The average molecular weight is 391 g/mol. The molecule has 5 nitrogen and oxygen atoms in total. The van der Waals surface area contributed by atoms with Crippen LogP contribution >= 0.6 is 12.2 Å². The lowest BCUT2D eigenvalue weighted by Crippen LogP contribution is -2.00. The summed E-state index contributed by atoms with van der Waals surface area (Å²) in [6.45, 7) is 4.08. The lowest BCUT2D eigenvalue weighted by molar-refractivity contribution is 0.447. The number of hydrogen-bond acceptors (Lipinski definition) is 4. The van der Waals surface area contributed by atoms with Crippen LogP contribution in [0.25, 0.3) is 27.8 Å². The van der Waals surface area contributed by atoms with Crippen LogP contribution < -0.4 is 0 Å². The quantitative estimate of drug-likeness (QED) is 0.414. The van der Waals surface area contributed by atoms with Gasteiger partial charge in [-0.2, -0.15) is 5.10 Å². The summed E-state index contributed by atoms with van der Waals surface area (Å²) in [5.41, 5.74) is 3.41. The highest BCUT2D eigenvalue weighted by Crippen LogP contribution is 2.36. The molecule has 142 valence electrons. The molecule has 0 aliphatic carbocycles. The van der Waals surface area contributed by atoms with Crippen LogP contribution in [0.3, 0.4) is 0 Å². The van der Waals surface area contributed by atoms with Crippen LogP contribution in [0.5, 0.6) is 11.5 Å². The number of aromatic nitrogens is 3. The second-order valence-corrected chi connectivity index (χ2v) is 7.07. The zero-order chi connectivity index (χ0) is 19.8. The van der Waals surface area contributed by atoms with Crippen molar-refractivity contribution in [3.63, 3.8) is 0 Å². The third-order valence-corrected chi connectivity index (χ3v) is 5.38. The molecule has 0 saturated heterocycles. The van der Waals surface area contributed by atoms with Gasteiger partial charge in [-0.3, -0.25) is 9.67 Å². The maximum atomic E-state index is 10.5. The Balaban J connectivity index is 2.02. The molecule has 3 aromatic carbocycles. The summed E-state index contributed by atoms with van der Waals surface area (Å²) in [7, 11) is 0. The van der Waals surface area contributed by atoms with Gasteiger partial charge in [0.2, 0.25) is 0 Å². The molecule has 0 unspecified atom stereocenters. The number of aryl methyl sites for hydroxylation is 2. The Morgan fingerprint density at radius 2 is 1.64 bits per heavy atom. The van der Waals surface area contributed by atoms with E-state index in [0.29, 0.717) is 22.6 Å². The predicted molar refractivity (Wildman–Crippen MR) is 114 cm³/mol. The van der Waals surface area contributed by atoms with Crippen LogP contribution in [-0.2, 0) is 12.8 Å². The average Bonchev–Trinajstić information content (AvgIpc) is 3.08. The van der Waals surface area contributed by atoms with Crippen molar-refractivity contribution in [3.8, 4) is 28.6 Å². The SMILES string of the molecule is CCc1cc(-c2n[nH]c(=S)n2-c2cccc3c(CC)cccc23)c(O)cc1O. The predicted octanol–water partition coefficient (Wildman–Crippen LogP) is 5.29. The van der Waals surface area contributed by atoms with Crippen LogP contribution in [0, 0.1) is 4.77 Å². The van der Waals surface area contributed by atoms with Crippen molar-refractivity contribution < 1.29 is 10.2 Å². The fraction of sp³-hybridized carbons (Fsp3) is 0.182. The molecule has 6 heteroatoms. The Kier molecular flexibility index (Phi) is 4.65. The molecule has 0 amide bonds. The Morgan fingerprint density at radius 1 is 0.929 bits per heavy atom. The molecule has 0 bridgehead atoms. The van der Waals surface area contributed by atoms with Crippen LogP contribution in [0.4, 0.5) is 0 Å². The van der Waals surface area contributed by atoms with E-state index in [1.54, 1.807) is 6.07 Å². The molecule has 28 heavy (non-hydrogen) atoms. The van der Waals surface area contributed by atoms with Gasteiger partial charge in [0.15, 0.2) is 10.6 Å². The number of benzene rings is 3. The van der Waals surface area contributed by atoms with Gasteiger partial charge in [0.25, 0.3) is 0 Å². The van der Waals surface area contributed by atoms with E-state index in [0.717, 1.165) is 23.1 Å². The fourth-order valence-electron chi connectivity index (χ4n) is 3.65. The van der Waals surface area contributed by atoms with Gasteiger partial charge in [0.1, 0.15) is 11.5 Å². The minimum absolute atomic E-state index is 0.0422. The number of phenolic OH excluding ortho intramolecular Hbond substituents is 2. The molecule has 0 saturated carbocycles. The Hall–Kier alpha value is -3.12. The normalized spacial score (nSPS) is 11.2. The summed E-state index contributed by atoms with van der Waals surface area (Å²) in [5, 5.41) is 30.0. The molecule has 0 fully saturated rings. The Morgan fingerprint density at radius 3 is 2.39 bits per heavy atom. The second-order valence-electron chi connectivity index (χ2n) is 6.68. The molecule has 0 atom stereocenters. The smallest absolute Gasteiger partial charge is 0.200 e. The van der Waals surface area contributed by atoms with E-state index >= 15 is 0 Å². The molecular weight excluding hydrogens is 370 g/mol. The standard InChI is InChI=1S/C22H21N3O2S/c1-3-13-7-5-9-16-15(13)8-6-10-18(16)25-21(23-24-22(25)28)17-11-14(4-2)19(26)12-20(17)27/h5-12,26-27H,3-4H2,1-2H3,(H,24,28). The molecule has 1 heterocycles. The van der Waals surface area contributed by atoms with E-state index in [2.05, 4.69) is 35.3 Å². The van der Waals surface area contributed by atoms with Gasteiger partial charge in [0.05, 0.1) is 11.3 Å². The second kappa shape index (κ2) is 7.13. The van der Waals surface area contributed by atoms with Gasteiger partial charge < -0.3 is 10.2 Å². The lowest BCUT2D eigenvalue weighted by Gasteiger charge is -2.14. The minimum atomic E-state index is -0.0422. The summed E-state index contributed by atoms with van der Waals surface area (Å²) in [5.74, 6) is 0.535. The molecule has 3 N–H and O–H groups in total. The van der Waals surface area contributed by atoms with Gasteiger partial charge in [-0.05, 0) is 53.7 Å². The van der Waals surface area contributed by atoms with Crippen molar-refractivity contribution in [2.45, 2.75) is 26.7 Å². The summed E-state index contributed by atoms with van der Waals surface area (Å²) < 4.78 is 2.28. The molecule has 1 aromatic heterocycles. The third kappa shape index (κ3) is 2.86. The highest BCUT2D eigenvalue weighted by atomic mass is 32.1. The number of H-pyrrole nitrogens is 1. The number of nitrogens with zero attached hydrogens (tertiary/aromatic N) is 2. The monoisotopic (exact) mass is 391 g/mol. The number of aromatic hydroxyl groups is 2. The zero-order valence-corrected chi connectivity index (χ0v) is 16.5. The summed E-state index contributed by atoms with van der Waals surface area (Å²) in [4.78, 5) is 0. The Bertz CT molecular complexity index is 1240. The first-order valence-corrected chi connectivity index (χ1v) is 9.69. The molecular formula is C22H21N3O2S. The summed E-state index contributed by atoms with van der Waals surface area (Å²) in [6.07, 6.45) is 1.57. The summed E-state index contributed by atoms with van der Waals surface area (Å²) in [6, 6.07) is 15.5. The maximum Gasteiger partial charge on any atom is 0.200 e. The number of hydrogen-bond donors (Lipinski definition) is 3. The first-order valence-electron chi connectivity index (χ1n) is 9.28. The third-order valence-electron chi connectivity index (χ3n) is 5.10. The van der Waals surface area contributed by atoms with Crippen molar-refractivity contribution in [2.24, 2.45) is 0 Å². The molecule has 0 spiro atoms. The summed E-state index contributed by atoms with van der Waals surface area (Å²) >= 11 is 5.52. The van der Waals surface area contributed by atoms with Crippen molar-refractivity contribution in [1.29, 1.82) is 0 Å². The van der Waals surface area contributed by atoms with E-state index in [-0.39, 0.29) is 11.5 Å². The fourth-order valence-corrected chi connectivity index (χ4v) is 3.88. The zero-order valence-electron chi connectivity index (χ0n) is 15.7. The van der Waals surface area contributed by atoms with Crippen molar-refractivity contribution >= 4 is 23.0 Å². The first-order chi connectivity index (χ1) is 13.5. The van der Waals surface area contributed by atoms with Gasteiger partial charge in [-0.25, -0.2) is 0 Å². The Labute approximate surface area is 167 Å².